The average molecular weight is 412 g/mol. The van der Waals surface area contributed by atoms with E-state index in [1.54, 1.807) is 11.1 Å². The molecule has 0 bridgehead atoms. The van der Waals surface area contributed by atoms with E-state index in [9.17, 15) is 14.4 Å². The summed E-state index contributed by atoms with van der Waals surface area (Å²) in [5.74, 6) is 0.144. The maximum absolute atomic E-state index is 13.5. The van der Waals surface area contributed by atoms with Crippen LogP contribution in [0.5, 0.6) is 11.6 Å². The number of hydrogen-bond acceptors (Lipinski definition) is 8. The monoisotopic (exact) mass is 412 g/mol. The van der Waals surface area contributed by atoms with Crippen molar-refractivity contribution in [3.8, 4) is 17.7 Å². The number of fused-ring (bicyclic) bond motifs is 1. The van der Waals surface area contributed by atoms with Crippen molar-refractivity contribution in [2.24, 2.45) is 5.92 Å². The van der Waals surface area contributed by atoms with E-state index in [4.69, 9.17) is 9.47 Å². The van der Waals surface area contributed by atoms with Crippen molar-refractivity contribution in [3.05, 3.63) is 35.5 Å². The first-order chi connectivity index (χ1) is 14.6. The van der Waals surface area contributed by atoms with E-state index in [-0.39, 0.29) is 17.7 Å². The molecule has 9 nitrogen and oxygen atoms in total. The van der Waals surface area contributed by atoms with Gasteiger partial charge in [0, 0.05) is 37.0 Å². The minimum absolute atomic E-state index is 0.0612. The standard InChI is InChI=1S/C20H21FN6O3/c1-29-18-16(21)11-24-20(25-18)26-4-2-13(3-5-26)19(28)27-6-7-30-17-14(8-22)9-23-10-15(17)12-27/h9-11,13H,2-7,12H2,1H3. The van der Waals surface area contributed by atoms with E-state index in [0.29, 0.717) is 62.9 Å². The van der Waals surface area contributed by atoms with Gasteiger partial charge in [0.15, 0.2) is 0 Å². The number of ether oxygens (including phenoxy) is 2. The molecule has 0 atom stereocenters. The lowest BCUT2D eigenvalue weighted by Gasteiger charge is -2.33. The van der Waals surface area contributed by atoms with Crippen LogP contribution in [-0.2, 0) is 11.3 Å². The zero-order chi connectivity index (χ0) is 21.1. The van der Waals surface area contributed by atoms with Crippen LogP contribution in [0.25, 0.3) is 0 Å². The summed E-state index contributed by atoms with van der Waals surface area (Å²) < 4.78 is 24.2. The molecular weight excluding hydrogens is 391 g/mol. The Morgan fingerprint density at radius 2 is 2.10 bits per heavy atom. The number of rotatable bonds is 3. The van der Waals surface area contributed by atoms with E-state index < -0.39 is 5.82 Å². The Morgan fingerprint density at radius 3 is 2.83 bits per heavy atom. The van der Waals surface area contributed by atoms with Gasteiger partial charge in [-0.2, -0.15) is 14.6 Å². The molecule has 0 aromatic carbocycles. The number of pyridine rings is 1. The normalized spacial score (nSPS) is 16.8. The molecule has 4 rings (SSSR count). The van der Waals surface area contributed by atoms with Crippen molar-refractivity contribution in [2.45, 2.75) is 19.4 Å². The van der Waals surface area contributed by atoms with Crippen LogP contribution in [0.4, 0.5) is 10.3 Å². The van der Waals surface area contributed by atoms with Gasteiger partial charge in [-0.15, -0.1) is 0 Å². The topological polar surface area (TPSA) is 104 Å². The number of anilines is 1. The maximum atomic E-state index is 13.5. The fourth-order valence-corrected chi connectivity index (χ4v) is 3.81. The van der Waals surface area contributed by atoms with Crippen molar-refractivity contribution >= 4 is 11.9 Å². The number of hydrogen-bond donors (Lipinski definition) is 0. The molecule has 10 heteroatoms. The molecule has 2 aliphatic heterocycles. The molecule has 0 unspecified atom stereocenters. The van der Waals surface area contributed by atoms with Gasteiger partial charge < -0.3 is 19.3 Å². The number of nitrogens with zero attached hydrogens (tertiary/aromatic N) is 6. The summed E-state index contributed by atoms with van der Waals surface area (Å²) in [7, 11) is 1.36. The summed E-state index contributed by atoms with van der Waals surface area (Å²) >= 11 is 0. The average Bonchev–Trinajstić information content (AvgIpc) is 3.01. The van der Waals surface area contributed by atoms with E-state index in [2.05, 4.69) is 21.0 Å². The first kappa shape index (κ1) is 19.8. The van der Waals surface area contributed by atoms with E-state index in [1.165, 1.54) is 13.3 Å². The van der Waals surface area contributed by atoms with Crippen molar-refractivity contribution < 1.29 is 18.7 Å². The third-order valence-electron chi connectivity index (χ3n) is 5.39. The Labute approximate surface area is 173 Å². The van der Waals surface area contributed by atoms with E-state index in [1.807, 2.05) is 4.90 Å². The third kappa shape index (κ3) is 3.83. The summed E-state index contributed by atoms with van der Waals surface area (Å²) in [5, 5.41) is 9.24. The van der Waals surface area contributed by atoms with Crippen LogP contribution in [0.15, 0.2) is 18.6 Å². The number of carbonyl (C=O) groups is 1. The van der Waals surface area contributed by atoms with Crippen molar-refractivity contribution in [3.63, 3.8) is 0 Å². The molecule has 4 heterocycles. The second-order valence-electron chi connectivity index (χ2n) is 7.18. The first-order valence-electron chi connectivity index (χ1n) is 9.70. The summed E-state index contributed by atoms with van der Waals surface area (Å²) in [6.45, 7) is 2.34. The Kier molecular flexibility index (Phi) is 5.61. The Morgan fingerprint density at radius 1 is 1.30 bits per heavy atom. The Bertz CT molecular complexity index is 987. The lowest BCUT2D eigenvalue weighted by Crippen LogP contribution is -2.43. The molecule has 156 valence electrons. The number of halogens is 1. The number of methoxy groups -OCH3 is 1. The van der Waals surface area contributed by atoms with Crippen molar-refractivity contribution in [2.75, 3.05) is 38.3 Å². The molecule has 1 fully saturated rings. The highest BCUT2D eigenvalue weighted by Gasteiger charge is 2.31. The summed E-state index contributed by atoms with van der Waals surface area (Å²) in [6, 6.07) is 2.08. The smallest absolute Gasteiger partial charge is 0.255 e. The second kappa shape index (κ2) is 8.49. The number of nitriles is 1. The van der Waals surface area contributed by atoms with Crippen LogP contribution < -0.4 is 14.4 Å². The van der Waals surface area contributed by atoms with Crippen LogP contribution in [-0.4, -0.2) is 59.1 Å². The second-order valence-corrected chi connectivity index (χ2v) is 7.18. The van der Waals surface area contributed by atoms with Gasteiger partial charge in [-0.05, 0) is 12.8 Å². The highest BCUT2D eigenvalue weighted by atomic mass is 19.1. The van der Waals surface area contributed by atoms with Crippen LogP contribution in [0, 0.1) is 23.1 Å². The predicted molar refractivity (Wildman–Crippen MR) is 103 cm³/mol. The molecule has 1 saturated heterocycles. The lowest BCUT2D eigenvalue weighted by molar-refractivity contribution is -0.137. The molecule has 1 amide bonds. The van der Waals surface area contributed by atoms with Gasteiger partial charge >= 0.3 is 0 Å². The fourth-order valence-electron chi connectivity index (χ4n) is 3.81. The molecule has 2 aromatic heterocycles. The quantitative estimate of drug-likeness (QED) is 0.748. The van der Waals surface area contributed by atoms with Gasteiger partial charge in [-0.3, -0.25) is 9.78 Å². The number of amides is 1. The molecule has 0 aliphatic carbocycles. The fraction of sp³-hybridized carbons (Fsp3) is 0.450. The van der Waals surface area contributed by atoms with Crippen molar-refractivity contribution in [1.29, 1.82) is 5.26 Å². The minimum Gasteiger partial charge on any atom is -0.490 e. The SMILES string of the molecule is COc1nc(N2CCC(C(=O)N3CCOc4c(C#N)cncc4C3)CC2)ncc1F. The van der Waals surface area contributed by atoms with Crippen molar-refractivity contribution in [1.82, 2.24) is 19.9 Å². The number of piperidine rings is 1. The third-order valence-corrected chi connectivity index (χ3v) is 5.39. The van der Waals surface area contributed by atoms with Gasteiger partial charge in [-0.25, -0.2) is 4.98 Å². The molecule has 0 saturated carbocycles. The van der Waals surface area contributed by atoms with Gasteiger partial charge in [0.2, 0.25) is 17.7 Å². The summed E-state index contributed by atoms with van der Waals surface area (Å²) in [6.07, 6.45) is 5.49. The number of aromatic nitrogens is 3. The first-order valence-corrected chi connectivity index (χ1v) is 9.70. The minimum atomic E-state index is -0.607. The van der Waals surface area contributed by atoms with Crippen LogP contribution in [0.3, 0.4) is 0 Å². The summed E-state index contributed by atoms with van der Waals surface area (Å²) in [4.78, 5) is 29.0. The Balaban J connectivity index is 1.41. The summed E-state index contributed by atoms with van der Waals surface area (Å²) in [5.41, 5.74) is 1.12. The van der Waals surface area contributed by atoms with Gasteiger partial charge in [-0.1, -0.05) is 0 Å². The van der Waals surface area contributed by atoms with Crippen LogP contribution in [0.1, 0.15) is 24.0 Å². The molecule has 0 spiro atoms. The van der Waals surface area contributed by atoms with Crippen LogP contribution >= 0.6 is 0 Å². The largest absolute Gasteiger partial charge is 0.490 e. The zero-order valence-electron chi connectivity index (χ0n) is 16.5. The maximum Gasteiger partial charge on any atom is 0.255 e. The highest BCUT2D eigenvalue weighted by molar-refractivity contribution is 5.79. The molecular formula is C20H21FN6O3. The Hall–Kier alpha value is -3.48. The van der Waals surface area contributed by atoms with Gasteiger partial charge in [0.05, 0.1) is 26.4 Å². The van der Waals surface area contributed by atoms with E-state index in [0.717, 1.165) is 11.8 Å². The lowest BCUT2D eigenvalue weighted by atomic mass is 9.95. The molecule has 2 aromatic rings. The predicted octanol–water partition coefficient (Wildman–Crippen LogP) is 1.53. The van der Waals surface area contributed by atoms with E-state index >= 15 is 0 Å². The molecule has 2 aliphatic rings. The number of carbonyl (C=O) groups excluding carboxylic acids is 1. The van der Waals surface area contributed by atoms with Gasteiger partial charge in [0.25, 0.3) is 5.88 Å². The van der Waals surface area contributed by atoms with Crippen LogP contribution in [0.2, 0.25) is 0 Å². The molecule has 30 heavy (non-hydrogen) atoms. The highest BCUT2D eigenvalue weighted by Crippen LogP contribution is 2.29. The molecule has 0 radical (unpaired) electrons. The van der Waals surface area contributed by atoms with Gasteiger partial charge in [0.1, 0.15) is 24.0 Å². The zero-order valence-corrected chi connectivity index (χ0v) is 16.5. The molecule has 0 N–H and O–H groups in total.